The third-order valence-corrected chi connectivity index (χ3v) is 3.67. The molecule has 2 aromatic rings. The number of carbonyl (C=O) groups excluding carboxylic acids is 1. The van der Waals surface area contributed by atoms with Crippen LogP contribution in [0.5, 0.6) is 0 Å². The van der Waals surface area contributed by atoms with Gasteiger partial charge in [-0.3, -0.25) is 0 Å². The summed E-state index contributed by atoms with van der Waals surface area (Å²) in [7, 11) is 0. The zero-order chi connectivity index (χ0) is 17.3. The van der Waals surface area contributed by atoms with Crippen LogP contribution < -0.4 is 0 Å². The third kappa shape index (κ3) is 3.69. The number of hydrogen-bond acceptors (Lipinski definition) is 7. The molecule has 1 atom stereocenters. The molecule has 1 unspecified atom stereocenters. The Morgan fingerprint density at radius 2 is 2.21 bits per heavy atom. The molecule has 128 valence electrons. The number of rotatable bonds is 2. The van der Waals surface area contributed by atoms with Crippen LogP contribution >= 0.6 is 0 Å². The molecular formula is C16H21N5O3. The van der Waals surface area contributed by atoms with Crippen molar-refractivity contribution in [3.63, 3.8) is 0 Å². The summed E-state index contributed by atoms with van der Waals surface area (Å²) in [6.45, 7) is 8.57. The number of aromatic nitrogens is 4. The van der Waals surface area contributed by atoms with Crippen LogP contribution in [0.3, 0.4) is 0 Å². The second-order valence-electron chi connectivity index (χ2n) is 6.96. The Morgan fingerprint density at radius 3 is 2.92 bits per heavy atom. The fourth-order valence-corrected chi connectivity index (χ4v) is 2.57. The highest BCUT2D eigenvalue weighted by Crippen LogP contribution is 2.28. The van der Waals surface area contributed by atoms with E-state index in [9.17, 15) is 4.79 Å². The molecule has 8 nitrogen and oxygen atoms in total. The summed E-state index contributed by atoms with van der Waals surface area (Å²) >= 11 is 0. The van der Waals surface area contributed by atoms with Crippen LogP contribution in [-0.4, -0.2) is 50.0 Å². The van der Waals surface area contributed by atoms with E-state index in [2.05, 4.69) is 20.3 Å². The molecule has 0 N–H and O–H groups in total. The quantitative estimate of drug-likeness (QED) is 0.834. The van der Waals surface area contributed by atoms with Gasteiger partial charge in [0, 0.05) is 19.0 Å². The lowest BCUT2D eigenvalue weighted by molar-refractivity contribution is 0.0292. The van der Waals surface area contributed by atoms with Gasteiger partial charge in [0.15, 0.2) is 5.82 Å². The number of likely N-dealkylation sites (tertiary alicyclic amines) is 1. The maximum absolute atomic E-state index is 12.1. The molecule has 0 aliphatic carbocycles. The van der Waals surface area contributed by atoms with Crippen molar-refractivity contribution in [2.24, 2.45) is 0 Å². The van der Waals surface area contributed by atoms with E-state index in [1.165, 1.54) is 0 Å². The van der Waals surface area contributed by atoms with Gasteiger partial charge in [-0.1, -0.05) is 5.16 Å². The summed E-state index contributed by atoms with van der Waals surface area (Å²) in [5, 5.41) is 11.9. The van der Waals surface area contributed by atoms with Crippen LogP contribution in [0.2, 0.25) is 0 Å². The zero-order valence-electron chi connectivity index (χ0n) is 14.3. The lowest BCUT2D eigenvalue weighted by Crippen LogP contribution is -2.35. The smallest absolute Gasteiger partial charge is 0.410 e. The van der Waals surface area contributed by atoms with E-state index in [1.807, 2.05) is 33.8 Å². The van der Waals surface area contributed by atoms with Gasteiger partial charge >= 0.3 is 6.09 Å². The Morgan fingerprint density at radius 1 is 1.42 bits per heavy atom. The Bertz CT molecular complexity index is 737. The maximum Gasteiger partial charge on any atom is 0.410 e. The first-order valence-electron chi connectivity index (χ1n) is 7.93. The molecule has 1 aliphatic heterocycles. The van der Waals surface area contributed by atoms with Crippen molar-refractivity contribution in [1.82, 2.24) is 25.2 Å². The van der Waals surface area contributed by atoms with Crippen LogP contribution in [0.4, 0.5) is 4.79 Å². The van der Waals surface area contributed by atoms with E-state index in [0.29, 0.717) is 24.8 Å². The zero-order valence-corrected chi connectivity index (χ0v) is 14.3. The highest BCUT2D eigenvalue weighted by atomic mass is 16.6. The van der Waals surface area contributed by atoms with Crippen molar-refractivity contribution in [3.8, 4) is 11.5 Å². The normalized spacial score (nSPS) is 18.0. The number of ether oxygens (including phenoxy) is 1. The summed E-state index contributed by atoms with van der Waals surface area (Å²) < 4.78 is 10.7. The van der Waals surface area contributed by atoms with Crippen molar-refractivity contribution < 1.29 is 14.1 Å². The molecule has 0 saturated carbocycles. The highest BCUT2D eigenvalue weighted by molar-refractivity contribution is 5.68. The summed E-state index contributed by atoms with van der Waals surface area (Å²) in [4.78, 5) is 18.3. The average molecular weight is 331 g/mol. The van der Waals surface area contributed by atoms with Gasteiger partial charge in [0.25, 0.3) is 5.89 Å². The number of amides is 1. The van der Waals surface area contributed by atoms with Gasteiger partial charge in [0.05, 0.1) is 17.5 Å². The van der Waals surface area contributed by atoms with Gasteiger partial charge in [0.1, 0.15) is 5.60 Å². The number of aryl methyl sites for hydroxylation is 1. The van der Waals surface area contributed by atoms with Crippen molar-refractivity contribution in [2.45, 2.75) is 45.6 Å². The van der Waals surface area contributed by atoms with E-state index >= 15 is 0 Å². The van der Waals surface area contributed by atoms with Gasteiger partial charge in [-0.25, -0.2) is 4.79 Å². The van der Waals surface area contributed by atoms with E-state index in [0.717, 1.165) is 17.7 Å². The molecule has 1 amide bonds. The Hall–Kier alpha value is -2.51. The fourth-order valence-electron chi connectivity index (χ4n) is 2.57. The fraction of sp³-hybridized carbons (Fsp3) is 0.562. The summed E-state index contributed by atoms with van der Waals surface area (Å²) in [5.74, 6) is 1.06. The van der Waals surface area contributed by atoms with Crippen LogP contribution in [0.1, 0.15) is 44.6 Å². The molecule has 0 radical (unpaired) electrons. The summed E-state index contributed by atoms with van der Waals surface area (Å²) in [6, 6.07) is 1.84. The van der Waals surface area contributed by atoms with Crippen molar-refractivity contribution in [3.05, 3.63) is 23.8 Å². The topological polar surface area (TPSA) is 94.2 Å². The molecule has 0 aromatic carbocycles. The van der Waals surface area contributed by atoms with E-state index in [4.69, 9.17) is 9.26 Å². The lowest BCUT2D eigenvalue weighted by atomic mass is 10.1. The van der Waals surface area contributed by atoms with Crippen LogP contribution in [0.25, 0.3) is 11.5 Å². The average Bonchev–Trinajstić information content (AvgIpc) is 3.15. The van der Waals surface area contributed by atoms with E-state index in [1.54, 1.807) is 11.1 Å². The Kier molecular flexibility index (Phi) is 4.21. The maximum atomic E-state index is 12.1. The minimum atomic E-state index is -0.499. The molecule has 0 spiro atoms. The SMILES string of the molecule is Cc1cc(-c2nc(C3CCN(C(=O)OC(C)(C)C)C3)no2)cnn1. The molecule has 8 heteroatoms. The molecule has 1 aliphatic rings. The van der Waals surface area contributed by atoms with Crippen molar-refractivity contribution in [1.29, 1.82) is 0 Å². The van der Waals surface area contributed by atoms with Crippen molar-refractivity contribution in [2.75, 3.05) is 13.1 Å². The molecule has 24 heavy (non-hydrogen) atoms. The highest BCUT2D eigenvalue weighted by Gasteiger charge is 2.33. The largest absolute Gasteiger partial charge is 0.444 e. The minimum Gasteiger partial charge on any atom is -0.444 e. The minimum absolute atomic E-state index is 0.0471. The van der Waals surface area contributed by atoms with Crippen LogP contribution in [0.15, 0.2) is 16.8 Å². The Labute approximate surface area is 140 Å². The molecule has 1 fully saturated rings. The number of hydrogen-bond donors (Lipinski definition) is 0. The standard InChI is InChI=1S/C16H21N5O3/c1-10-7-12(8-17-19-10)14-18-13(20-24-14)11-5-6-21(9-11)15(22)23-16(2,3)4/h7-8,11H,5-6,9H2,1-4H3. The summed E-state index contributed by atoms with van der Waals surface area (Å²) in [5.41, 5.74) is 1.02. The first-order valence-corrected chi connectivity index (χ1v) is 7.93. The first-order chi connectivity index (χ1) is 11.3. The Balaban J connectivity index is 1.68. The second-order valence-corrected chi connectivity index (χ2v) is 6.96. The van der Waals surface area contributed by atoms with Crippen molar-refractivity contribution >= 4 is 6.09 Å². The second kappa shape index (κ2) is 6.18. The predicted octanol–water partition coefficient (Wildman–Crippen LogP) is 2.56. The van der Waals surface area contributed by atoms with Gasteiger partial charge in [-0.05, 0) is 40.2 Å². The molecular weight excluding hydrogens is 310 g/mol. The molecule has 1 saturated heterocycles. The number of carbonyl (C=O) groups is 1. The number of nitrogens with zero attached hydrogens (tertiary/aromatic N) is 5. The third-order valence-electron chi connectivity index (χ3n) is 3.67. The first kappa shape index (κ1) is 16.4. The molecule has 0 bridgehead atoms. The van der Waals surface area contributed by atoms with Gasteiger partial charge in [-0.15, -0.1) is 0 Å². The predicted molar refractivity (Wildman–Crippen MR) is 85.2 cm³/mol. The summed E-state index contributed by atoms with van der Waals surface area (Å²) in [6.07, 6.45) is 2.07. The van der Waals surface area contributed by atoms with E-state index in [-0.39, 0.29) is 12.0 Å². The molecule has 3 heterocycles. The van der Waals surface area contributed by atoms with Gasteiger partial charge < -0.3 is 14.2 Å². The molecule has 2 aromatic heterocycles. The van der Waals surface area contributed by atoms with E-state index < -0.39 is 5.60 Å². The monoisotopic (exact) mass is 331 g/mol. The van der Waals surface area contributed by atoms with Crippen LogP contribution in [0, 0.1) is 6.92 Å². The molecule has 3 rings (SSSR count). The van der Waals surface area contributed by atoms with Gasteiger partial charge in [0.2, 0.25) is 0 Å². The van der Waals surface area contributed by atoms with Gasteiger partial charge in [-0.2, -0.15) is 15.2 Å². The van der Waals surface area contributed by atoms with Crippen LogP contribution in [-0.2, 0) is 4.74 Å². The lowest BCUT2D eigenvalue weighted by Gasteiger charge is -2.24.